The smallest absolute Gasteiger partial charge is 0.122 e. The fraction of sp³-hybridized carbons (Fsp3) is 0.571. The largest absolute Gasteiger partial charge is 0.494 e. The first kappa shape index (κ1) is 13.0. The Kier molecular flexibility index (Phi) is 4.81. The standard InChI is InChI=1S/C14H23NO/c1-5-7-13(15)12-8-9-14(16-6-2)11(4)10(12)3/h8-9,13H,5-7,15H2,1-4H3. The molecule has 0 aliphatic carbocycles. The van der Waals surface area contributed by atoms with E-state index in [1.165, 1.54) is 16.7 Å². The Balaban J connectivity index is 3.01. The first-order valence-electron chi connectivity index (χ1n) is 6.10. The quantitative estimate of drug-likeness (QED) is 0.826. The minimum absolute atomic E-state index is 0.152. The summed E-state index contributed by atoms with van der Waals surface area (Å²) in [4.78, 5) is 0. The van der Waals surface area contributed by atoms with Crippen molar-refractivity contribution in [2.75, 3.05) is 6.61 Å². The lowest BCUT2D eigenvalue weighted by Gasteiger charge is -2.18. The van der Waals surface area contributed by atoms with Gasteiger partial charge in [-0.05, 0) is 49.9 Å². The number of benzene rings is 1. The van der Waals surface area contributed by atoms with Crippen molar-refractivity contribution in [2.24, 2.45) is 5.73 Å². The number of hydrogen-bond donors (Lipinski definition) is 1. The Morgan fingerprint density at radius 1 is 1.19 bits per heavy atom. The summed E-state index contributed by atoms with van der Waals surface area (Å²) in [6.07, 6.45) is 2.15. The van der Waals surface area contributed by atoms with Crippen molar-refractivity contribution in [3.05, 3.63) is 28.8 Å². The van der Waals surface area contributed by atoms with Gasteiger partial charge in [0.15, 0.2) is 0 Å². The molecule has 1 atom stereocenters. The fourth-order valence-corrected chi connectivity index (χ4v) is 2.00. The van der Waals surface area contributed by atoms with E-state index in [9.17, 15) is 0 Å². The molecule has 2 heteroatoms. The Labute approximate surface area is 98.8 Å². The van der Waals surface area contributed by atoms with Crippen molar-refractivity contribution < 1.29 is 4.74 Å². The number of rotatable bonds is 5. The van der Waals surface area contributed by atoms with Crippen LogP contribution in [-0.4, -0.2) is 6.61 Å². The summed E-state index contributed by atoms with van der Waals surface area (Å²) < 4.78 is 5.57. The van der Waals surface area contributed by atoms with Crippen molar-refractivity contribution in [3.8, 4) is 5.75 Å². The Hall–Kier alpha value is -1.02. The molecule has 0 aliphatic rings. The van der Waals surface area contributed by atoms with E-state index in [0.717, 1.165) is 18.6 Å². The molecule has 2 N–H and O–H groups in total. The lowest BCUT2D eigenvalue weighted by molar-refractivity contribution is 0.337. The molecule has 0 radical (unpaired) electrons. The summed E-state index contributed by atoms with van der Waals surface area (Å²) in [6, 6.07) is 4.30. The first-order chi connectivity index (χ1) is 7.61. The molecular formula is C14H23NO. The maximum absolute atomic E-state index is 6.16. The summed E-state index contributed by atoms with van der Waals surface area (Å²) in [5.41, 5.74) is 9.90. The van der Waals surface area contributed by atoms with Crippen LogP contribution in [0.3, 0.4) is 0 Å². The highest BCUT2D eigenvalue weighted by Gasteiger charge is 2.12. The second-order valence-electron chi connectivity index (χ2n) is 4.23. The zero-order valence-corrected chi connectivity index (χ0v) is 10.8. The van der Waals surface area contributed by atoms with E-state index >= 15 is 0 Å². The minimum Gasteiger partial charge on any atom is -0.494 e. The van der Waals surface area contributed by atoms with E-state index in [2.05, 4.69) is 26.8 Å². The molecule has 0 saturated carbocycles. The molecule has 0 amide bonds. The molecule has 0 spiro atoms. The summed E-state index contributed by atoms with van der Waals surface area (Å²) in [7, 11) is 0. The van der Waals surface area contributed by atoms with Gasteiger partial charge in [0.05, 0.1) is 6.61 Å². The van der Waals surface area contributed by atoms with Gasteiger partial charge in [-0.1, -0.05) is 19.4 Å². The maximum atomic E-state index is 6.16. The number of ether oxygens (including phenoxy) is 1. The molecule has 90 valence electrons. The second-order valence-corrected chi connectivity index (χ2v) is 4.23. The van der Waals surface area contributed by atoms with E-state index in [4.69, 9.17) is 10.5 Å². The van der Waals surface area contributed by atoms with Crippen LogP contribution in [0.5, 0.6) is 5.75 Å². The van der Waals surface area contributed by atoms with Crippen molar-refractivity contribution in [2.45, 2.75) is 46.6 Å². The highest BCUT2D eigenvalue weighted by Crippen LogP contribution is 2.28. The molecule has 0 fully saturated rings. The Morgan fingerprint density at radius 3 is 2.44 bits per heavy atom. The van der Waals surface area contributed by atoms with Crippen molar-refractivity contribution in [1.29, 1.82) is 0 Å². The van der Waals surface area contributed by atoms with Gasteiger partial charge >= 0.3 is 0 Å². The van der Waals surface area contributed by atoms with E-state index in [1.54, 1.807) is 0 Å². The predicted octanol–water partition coefficient (Wildman–Crippen LogP) is 3.50. The molecule has 0 aromatic heterocycles. The molecule has 1 aromatic carbocycles. The van der Waals surface area contributed by atoms with Crippen LogP contribution in [-0.2, 0) is 0 Å². The van der Waals surface area contributed by atoms with Crippen LogP contribution in [0.2, 0.25) is 0 Å². The lowest BCUT2D eigenvalue weighted by Crippen LogP contribution is -2.12. The van der Waals surface area contributed by atoms with Crippen LogP contribution in [0.1, 0.15) is 49.4 Å². The molecule has 1 rings (SSSR count). The molecule has 0 aliphatic heterocycles. The van der Waals surface area contributed by atoms with E-state index in [1.807, 2.05) is 13.0 Å². The SMILES string of the molecule is CCCC(N)c1ccc(OCC)c(C)c1C. The van der Waals surface area contributed by atoms with Crippen LogP contribution < -0.4 is 10.5 Å². The van der Waals surface area contributed by atoms with Gasteiger partial charge in [-0.15, -0.1) is 0 Å². The van der Waals surface area contributed by atoms with E-state index in [-0.39, 0.29) is 6.04 Å². The monoisotopic (exact) mass is 221 g/mol. The highest BCUT2D eigenvalue weighted by molar-refractivity contribution is 5.44. The topological polar surface area (TPSA) is 35.2 Å². The molecule has 1 aromatic rings. The summed E-state index contributed by atoms with van der Waals surface area (Å²) in [5.74, 6) is 0.979. The molecule has 1 unspecified atom stereocenters. The van der Waals surface area contributed by atoms with Gasteiger partial charge in [-0.3, -0.25) is 0 Å². The minimum atomic E-state index is 0.152. The van der Waals surface area contributed by atoms with Gasteiger partial charge in [0, 0.05) is 6.04 Å². The van der Waals surface area contributed by atoms with Crippen LogP contribution >= 0.6 is 0 Å². The summed E-state index contributed by atoms with van der Waals surface area (Å²) in [5, 5.41) is 0. The van der Waals surface area contributed by atoms with E-state index < -0.39 is 0 Å². The van der Waals surface area contributed by atoms with Gasteiger partial charge < -0.3 is 10.5 Å². The third-order valence-corrected chi connectivity index (χ3v) is 3.08. The summed E-state index contributed by atoms with van der Waals surface area (Å²) >= 11 is 0. The van der Waals surface area contributed by atoms with Crippen molar-refractivity contribution >= 4 is 0 Å². The maximum Gasteiger partial charge on any atom is 0.122 e. The van der Waals surface area contributed by atoms with E-state index in [0.29, 0.717) is 6.61 Å². The van der Waals surface area contributed by atoms with Crippen LogP contribution in [0.4, 0.5) is 0 Å². The van der Waals surface area contributed by atoms with Gasteiger partial charge in [0.1, 0.15) is 5.75 Å². The highest BCUT2D eigenvalue weighted by atomic mass is 16.5. The number of nitrogens with two attached hydrogens (primary N) is 1. The first-order valence-corrected chi connectivity index (χ1v) is 6.10. The Bertz CT molecular complexity index is 347. The van der Waals surface area contributed by atoms with Crippen LogP contribution in [0.25, 0.3) is 0 Å². The number of hydrogen-bond acceptors (Lipinski definition) is 2. The normalized spacial score (nSPS) is 12.6. The third kappa shape index (κ3) is 2.76. The van der Waals surface area contributed by atoms with Gasteiger partial charge in [0.25, 0.3) is 0 Å². The molecular weight excluding hydrogens is 198 g/mol. The molecule has 0 saturated heterocycles. The predicted molar refractivity (Wildman–Crippen MR) is 68.9 cm³/mol. The van der Waals surface area contributed by atoms with Crippen molar-refractivity contribution in [1.82, 2.24) is 0 Å². The zero-order valence-electron chi connectivity index (χ0n) is 10.8. The van der Waals surface area contributed by atoms with Gasteiger partial charge in [-0.25, -0.2) is 0 Å². The average molecular weight is 221 g/mol. The van der Waals surface area contributed by atoms with Gasteiger partial charge in [0.2, 0.25) is 0 Å². The fourth-order valence-electron chi connectivity index (χ4n) is 2.00. The molecule has 0 bridgehead atoms. The Morgan fingerprint density at radius 2 is 1.88 bits per heavy atom. The van der Waals surface area contributed by atoms with Crippen LogP contribution in [0, 0.1) is 13.8 Å². The molecule has 2 nitrogen and oxygen atoms in total. The third-order valence-electron chi connectivity index (χ3n) is 3.08. The average Bonchev–Trinajstić information content (AvgIpc) is 2.25. The zero-order chi connectivity index (χ0) is 12.1. The molecule has 16 heavy (non-hydrogen) atoms. The second kappa shape index (κ2) is 5.90. The lowest BCUT2D eigenvalue weighted by atomic mass is 9.95. The van der Waals surface area contributed by atoms with Gasteiger partial charge in [-0.2, -0.15) is 0 Å². The molecule has 0 heterocycles. The van der Waals surface area contributed by atoms with Crippen molar-refractivity contribution in [3.63, 3.8) is 0 Å². The summed E-state index contributed by atoms with van der Waals surface area (Å²) in [6.45, 7) is 9.11. The van der Waals surface area contributed by atoms with Crippen LogP contribution in [0.15, 0.2) is 12.1 Å².